The van der Waals surface area contributed by atoms with Crippen LogP contribution < -0.4 is 0 Å². The van der Waals surface area contributed by atoms with Gasteiger partial charge in [0.05, 0.1) is 25.3 Å². The van der Waals surface area contributed by atoms with Crippen LogP contribution in [0.1, 0.15) is 44.5 Å². The zero-order chi connectivity index (χ0) is 15.6. The summed E-state index contributed by atoms with van der Waals surface area (Å²) >= 11 is 0. The Kier molecular flexibility index (Phi) is 4.68. The first-order valence-electron chi connectivity index (χ1n) is 7.36. The molecule has 118 valence electrons. The van der Waals surface area contributed by atoms with Crippen molar-refractivity contribution in [1.82, 2.24) is 14.7 Å². The average molecular weight is 295 g/mol. The first-order chi connectivity index (χ1) is 9.79. The van der Waals surface area contributed by atoms with E-state index in [2.05, 4.69) is 30.8 Å². The van der Waals surface area contributed by atoms with Crippen LogP contribution in [0.25, 0.3) is 0 Å². The highest BCUT2D eigenvalue weighted by Gasteiger charge is 2.32. The second kappa shape index (κ2) is 6.15. The van der Waals surface area contributed by atoms with Gasteiger partial charge in [0.1, 0.15) is 0 Å². The Hall–Kier alpha value is -1.40. The molecule has 0 spiro atoms. The lowest BCUT2D eigenvalue weighted by molar-refractivity contribution is -0.139. The number of carbonyl (C=O) groups is 1. The monoisotopic (exact) mass is 295 g/mol. The molecular weight excluding hydrogens is 270 g/mol. The molecule has 1 aromatic heterocycles. The van der Waals surface area contributed by atoms with E-state index in [4.69, 9.17) is 4.74 Å². The number of aryl methyl sites for hydroxylation is 1. The van der Waals surface area contributed by atoms with Gasteiger partial charge >= 0.3 is 5.97 Å². The van der Waals surface area contributed by atoms with E-state index in [1.54, 1.807) is 4.68 Å². The van der Waals surface area contributed by atoms with Gasteiger partial charge in [-0.25, -0.2) is 0 Å². The van der Waals surface area contributed by atoms with Crippen molar-refractivity contribution in [2.24, 2.45) is 7.05 Å². The van der Waals surface area contributed by atoms with Gasteiger partial charge in [-0.3, -0.25) is 14.4 Å². The Morgan fingerprint density at radius 3 is 2.57 bits per heavy atom. The molecule has 0 bridgehead atoms. The number of aromatic nitrogens is 2. The average Bonchev–Trinajstić information content (AvgIpc) is 2.79. The van der Waals surface area contributed by atoms with E-state index < -0.39 is 5.97 Å². The fraction of sp³-hybridized carbons (Fsp3) is 0.733. The van der Waals surface area contributed by atoms with E-state index in [9.17, 15) is 9.90 Å². The lowest BCUT2D eigenvalue weighted by Gasteiger charge is -2.34. The number of aliphatic carboxylic acids is 1. The minimum absolute atomic E-state index is 0.0920. The Bertz CT molecular complexity index is 499. The van der Waals surface area contributed by atoms with Gasteiger partial charge in [0.15, 0.2) is 0 Å². The lowest BCUT2D eigenvalue weighted by atomic mass is 9.86. The van der Waals surface area contributed by atoms with Crippen molar-refractivity contribution in [2.45, 2.75) is 38.6 Å². The van der Waals surface area contributed by atoms with Crippen molar-refractivity contribution in [3.8, 4) is 0 Å². The first-order valence-corrected chi connectivity index (χ1v) is 7.36. The van der Waals surface area contributed by atoms with Crippen molar-refractivity contribution >= 4 is 5.97 Å². The molecule has 6 heteroatoms. The van der Waals surface area contributed by atoms with Crippen LogP contribution in [0.15, 0.2) is 6.20 Å². The topological polar surface area (TPSA) is 67.6 Å². The zero-order valence-electron chi connectivity index (χ0n) is 13.3. The van der Waals surface area contributed by atoms with E-state index in [0.717, 1.165) is 24.3 Å². The Labute approximate surface area is 125 Å². The number of hydrogen-bond donors (Lipinski definition) is 1. The molecule has 2 rings (SSSR count). The molecule has 21 heavy (non-hydrogen) atoms. The summed E-state index contributed by atoms with van der Waals surface area (Å²) in [5.41, 5.74) is 1.89. The largest absolute Gasteiger partial charge is 0.481 e. The summed E-state index contributed by atoms with van der Waals surface area (Å²) in [6.45, 7) is 9.15. The second-order valence-corrected chi connectivity index (χ2v) is 6.62. The summed E-state index contributed by atoms with van der Waals surface area (Å²) in [5, 5.41) is 13.9. The molecule has 1 aliphatic heterocycles. The molecule has 0 saturated carbocycles. The SMILES string of the molecule is Cn1cc(C(CC(=O)O)N2CCOCC2)c(C(C)(C)C)n1. The van der Waals surface area contributed by atoms with Crippen LogP contribution in [0.4, 0.5) is 0 Å². The fourth-order valence-corrected chi connectivity index (χ4v) is 2.82. The number of rotatable bonds is 4. The number of ether oxygens (including phenoxy) is 1. The number of carboxylic acids is 1. The molecule has 1 atom stereocenters. The number of hydrogen-bond acceptors (Lipinski definition) is 4. The van der Waals surface area contributed by atoms with Crippen LogP contribution >= 0.6 is 0 Å². The summed E-state index contributed by atoms with van der Waals surface area (Å²) in [4.78, 5) is 13.5. The maximum Gasteiger partial charge on any atom is 0.305 e. The summed E-state index contributed by atoms with van der Waals surface area (Å²) in [7, 11) is 1.88. The molecule has 0 aliphatic carbocycles. The second-order valence-electron chi connectivity index (χ2n) is 6.62. The molecule has 1 aromatic rings. The fourth-order valence-electron chi connectivity index (χ4n) is 2.82. The van der Waals surface area contributed by atoms with Crippen LogP contribution in [0, 0.1) is 0 Å². The predicted octanol–water partition coefficient (Wildman–Crippen LogP) is 1.57. The molecule has 1 N–H and O–H groups in total. The standard InChI is InChI=1S/C15H25N3O3/c1-15(2,3)14-11(10-17(4)16-14)12(9-13(19)20)18-5-7-21-8-6-18/h10,12H,5-9H2,1-4H3,(H,19,20). The normalized spacial score (nSPS) is 18.7. The van der Waals surface area contributed by atoms with Crippen molar-refractivity contribution in [1.29, 1.82) is 0 Å². The van der Waals surface area contributed by atoms with Gasteiger partial charge in [0.2, 0.25) is 0 Å². The van der Waals surface area contributed by atoms with E-state index in [-0.39, 0.29) is 17.9 Å². The first kappa shape index (κ1) is 16.0. The third kappa shape index (κ3) is 3.83. The Morgan fingerprint density at radius 1 is 1.43 bits per heavy atom. The molecule has 6 nitrogen and oxygen atoms in total. The Morgan fingerprint density at radius 2 is 2.05 bits per heavy atom. The quantitative estimate of drug-likeness (QED) is 0.913. The van der Waals surface area contributed by atoms with Gasteiger partial charge in [0.25, 0.3) is 0 Å². The zero-order valence-corrected chi connectivity index (χ0v) is 13.3. The maximum atomic E-state index is 11.3. The molecule has 2 heterocycles. The van der Waals surface area contributed by atoms with Crippen LogP contribution in [0.3, 0.4) is 0 Å². The van der Waals surface area contributed by atoms with E-state index in [1.165, 1.54) is 0 Å². The third-order valence-electron chi connectivity index (χ3n) is 3.78. The molecule has 0 amide bonds. The van der Waals surface area contributed by atoms with Gasteiger partial charge in [-0.1, -0.05) is 20.8 Å². The smallest absolute Gasteiger partial charge is 0.305 e. The molecule has 1 unspecified atom stereocenters. The van der Waals surface area contributed by atoms with Gasteiger partial charge < -0.3 is 9.84 Å². The minimum atomic E-state index is -0.782. The van der Waals surface area contributed by atoms with Crippen molar-refractivity contribution in [3.63, 3.8) is 0 Å². The highest BCUT2D eigenvalue weighted by molar-refractivity contribution is 5.68. The molecular formula is C15H25N3O3. The van der Waals surface area contributed by atoms with Gasteiger partial charge in [-0.2, -0.15) is 5.10 Å². The molecule has 0 radical (unpaired) electrons. The maximum absolute atomic E-state index is 11.3. The van der Waals surface area contributed by atoms with E-state index >= 15 is 0 Å². The highest BCUT2D eigenvalue weighted by Crippen LogP contribution is 2.33. The summed E-state index contributed by atoms with van der Waals surface area (Å²) in [6.07, 6.45) is 2.05. The summed E-state index contributed by atoms with van der Waals surface area (Å²) in [5.74, 6) is -0.782. The number of morpholine rings is 1. The number of nitrogens with zero attached hydrogens (tertiary/aromatic N) is 3. The molecule has 1 fully saturated rings. The Balaban J connectivity index is 2.38. The van der Waals surface area contributed by atoms with Crippen molar-refractivity contribution < 1.29 is 14.6 Å². The molecule has 0 aromatic carbocycles. The predicted molar refractivity (Wildman–Crippen MR) is 79.3 cm³/mol. The highest BCUT2D eigenvalue weighted by atomic mass is 16.5. The number of carboxylic acid groups (broad SMARTS) is 1. The molecule has 1 aliphatic rings. The van der Waals surface area contributed by atoms with Crippen LogP contribution in [-0.2, 0) is 22.0 Å². The minimum Gasteiger partial charge on any atom is -0.481 e. The van der Waals surface area contributed by atoms with E-state index in [0.29, 0.717) is 13.2 Å². The van der Waals surface area contributed by atoms with Gasteiger partial charge in [0, 0.05) is 43.4 Å². The van der Waals surface area contributed by atoms with E-state index in [1.807, 2.05) is 13.2 Å². The van der Waals surface area contributed by atoms with Crippen LogP contribution in [0.5, 0.6) is 0 Å². The summed E-state index contributed by atoms with van der Waals surface area (Å²) < 4.78 is 7.17. The van der Waals surface area contributed by atoms with Gasteiger partial charge in [-0.15, -0.1) is 0 Å². The van der Waals surface area contributed by atoms with Crippen molar-refractivity contribution in [3.05, 3.63) is 17.5 Å². The molecule has 1 saturated heterocycles. The summed E-state index contributed by atoms with van der Waals surface area (Å²) in [6, 6.07) is -0.144. The lowest BCUT2D eigenvalue weighted by Crippen LogP contribution is -2.40. The van der Waals surface area contributed by atoms with Crippen molar-refractivity contribution in [2.75, 3.05) is 26.3 Å². The van der Waals surface area contributed by atoms with Crippen LogP contribution in [0.2, 0.25) is 0 Å². The third-order valence-corrected chi connectivity index (χ3v) is 3.78. The van der Waals surface area contributed by atoms with Gasteiger partial charge in [-0.05, 0) is 0 Å². The van der Waals surface area contributed by atoms with Crippen LogP contribution in [-0.4, -0.2) is 52.1 Å².